The average Bonchev–Trinajstić information content (AvgIpc) is 2.50. The lowest BCUT2D eigenvalue weighted by atomic mass is 10.1. The van der Waals surface area contributed by atoms with Gasteiger partial charge in [0.2, 0.25) is 0 Å². The van der Waals surface area contributed by atoms with Gasteiger partial charge < -0.3 is 10.3 Å². The van der Waals surface area contributed by atoms with Crippen LogP contribution in [0.3, 0.4) is 0 Å². The van der Waals surface area contributed by atoms with Crippen molar-refractivity contribution in [1.29, 1.82) is 0 Å². The fraction of sp³-hybridized carbons (Fsp3) is 0.188. The van der Waals surface area contributed by atoms with Crippen molar-refractivity contribution in [2.24, 2.45) is 5.84 Å². The third-order valence-corrected chi connectivity index (χ3v) is 3.27. The molecule has 1 amide bonds. The average molecular weight is 269 g/mol. The van der Waals surface area contributed by atoms with Gasteiger partial charge in [0.15, 0.2) is 0 Å². The number of nitrogens with zero attached hydrogens (tertiary/aromatic N) is 1. The summed E-state index contributed by atoms with van der Waals surface area (Å²) in [6.07, 6.45) is 0. The third kappa shape index (κ3) is 2.81. The van der Waals surface area contributed by atoms with Gasteiger partial charge in [-0.15, -0.1) is 0 Å². The Kier molecular flexibility index (Phi) is 4.38. The van der Waals surface area contributed by atoms with Gasteiger partial charge in [-0.05, 0) is 49.7 Å². The van der Waals surface area contributed by atoms with Crippen molar-refractivity contribution in [3.63, 3.8) is 0 Å². The van der Waals surface area contributed by atoms with Gasteiger partial charge >= 0.3 is 0 Å². The second-order valence-corrected chi connectivity index (χ2v) is 4.56. The molecule has 2 rings (SSSR count). The number of hydrazine groups is 1. The van der Waals surface area contributed by atoms with Crippen molar-refractivity contribution in [3.8, 4) is 0 Å². The quantitative estimate of drug-likeness (QED) is 0.662. The molecule has 0 bridgehead atoms. The smallest absolute Gasteiger partial charge is 0.258 e. The minimum atomic E-state index is -0.00892. The molecule has 0 fully saturated rings. The Morgan fingerprint density at radius 3 is 2.35 bits per heavy atom. The van der Waals surface area contributed by atoms with Gasteiger partial charge in [-0.25, -0.2) is 0 Å². The molecular weight excluding hydrogens is 250 g/mol. The molecule has 0 heterocycles. The largest absolute Gasteiger partial charge is 0.324 e. The Morgan fingerprint density at radius 1 is 1.15 bits per heavy atom. The molecule has 0 atom stereocenters. The summed E-state index contributed by atoms with van der Waals surface area (Å²) in [6, 6.07) is 15.0. The maximum atomic E-state index is 12.6. The molecule has 0 aromatic heterocycles. The van der Waals surface area contributed by atoms with Crippen molar-refractivity contribution in [2.45, 2.75) is 13.8 Å². The minimum absolute atomic E-state index is 0.00892. The van der Waals surface area contributed by atoms with Crippen LogP contribution in [0, 0.1) is 6.92 Å². The maximum absolute atomic E-state index is 12.6. The van der Waals surface area contributed by atoms with E-state index in [0.29, 0.717) is 12.1 Å². The number of hydrogen-bond donors (Lipinski definition) is 2. The molecule has 0 radical (unpaired) electrons. The zero-order chi connectivity index (χ0) is 14.5. The first kappa shape index (κ1) is 14.1. The molecule has 0 aliphatic rings. The zero-order valence-corrected chi connectivity index (χ0v) is 11.8. The van der Waals surface area contributed by atoms with Gasteiger partial charge in [-0.2, -0.15) is 0 Å². The SMILES string of the molecule is CCN(C(=O)c1ccc(NN)cc1)c1ccccc1C. The number of amides is 1. The maximum Gasteiger partial charge on any atom is 0.258 e. The van der Waals surface area contributed by atoms with Crippen molar-refractivity contribution >= 4 is 17.3 Å². The van der Waals surface area contributed by atoms with Crippen LogP contribution in [0.15, 0.2) is 48.5 Å². The Hall–Kier alpha value is -2.33. The van der Waals surface area contributed by atoms with E-state index in [1.165, 1.54) is 0 Å². The second kappa shape index (κ2) is 6.21. The van der Waals surface area contributed by atoms with Crippen LogP contribution in [0.2, 0.25) is 0 Å². The summed E-state index contributed by atoms with van der Waals surface area (Å²) < 4.78 is 0. The number of carbonyl (C=O) groups is 1. The van der Waals surface area contributed by atoms with Crippen LogP contribution in [0.1, 0.15) is 22.8 Å². The number of nitrogen functional groups attached to an aromatic ring is 1. The normalized spacial score (nSPS) is 10.2. The number of para-hydroxylation sites is 1. The highest BCUT2D eigenvalue weighted by molar-refractivity contribution is 6.06. The zero-order valence-electron chi connectivity index (χ0n) is 11.8. The highest BCUT2D eigenvalue weighted by atomic mass is 16.2. The van der Waals surface area contributed by atoms with Gasteiger partial charge in [0.25, 0.3) is 5.91 Å². The van der Waals surface area contributed by atoms with E-state index in [1.807, 2.05) is 38.1 Å². The molecule has 4 nitrogen and oxygen atoms in total. The Labute approximate surface area is 119 Å². The van der Waals surface area contributed by atoms with Crippen LogP contribution in [-0.4, -0.2) is 12.5 Å². The molecule has 0 aliphatic heterocycles. The van der Waals surface area contributed by atoms with E-state index in [0.717, 1.165) is 16.9 Å². The van der Waals surface area contributed by atoms with E-state index in [4.69, 9.17) is 5.84 Å². The first-order chi connectivity index (χ1) is 9.67. The van der Waals surface area contributed by atoms with Crippen LogP contribution in [-0.2, 0) is 0 Å². The highest BCUT2D eigenvalue weighted by Crippen LogP contribution is 2.21. The number of aryl methyl sites for hydroxylation is 1. The fourth-order valence-electron chi connectivity index (χ4n) is 2.15. The van der Waals surface area contributed by atoms with Crippen molar-refractivity contribution in [2.75, 3.05) is 16.9 Å². The Morgan fingerprint density at radius 2 is 1.80 bits per heavy atom. The van der Waals surface area contributed by atoms with Crippen molar-refractivity contribution in [1.82, 2.24) is 0 Å². The first-order valence-electron chi connectivity index (χ1n) is 6.61. The predicted octanol–water partition coefficient (Wildman–Crippen LogP) is 2.95. The molecule has 104 valence electrons. The van der Waals surface area contributed by atoms with Crippen LogP contribution < -0.4 is 16.2 Å². The number of anilines is 2. The molecule has 0 spiro atoms. The highest BCUT2D eigenvalue weighted by Gasteiger charge is 2.17. The van der Waals surface area contributed by atoms with Crippen molar-refractivity contribution in [3.05, 3.63) is 59.7 Å². The third-order valence-electron chi connectivity index (χ3n) is 3.27. The second-order valence-electron chi connectivity index (χ2n) is 4.56. The Balaban J connectivity index is 2.31. The lowest BCUT2D eigenvalue weighted by molar-refractivity contribution is 0.0988. The van der Waals surface area contributed by atoms with E-state index in [2.05, 4.69) is 5.43 Å². The summed E-state index contributed by atoms with van der Waals surface area (Å²) in [4.78, 5) is 14.4. The van der Waals surface area contributed by atoms with Crippen LogP contribution in [0.5, 0.6) is 0 Å². The Bertz CT molecular complexity index is 593. The summed E-state index contributed by atoms with van der Waals surface area (Å²) in [5, 5.41) is 0. The number of hydrogen-bond acceptors (Lipinski definition) is 3. The lowest BCUT2D eigenvalue weighted by Crippen LogP contribution is -2.31. The summed E-state index contributed by atoms with van der Waals surface area (Å²) in [5.41, 5.74) is 6.01. The van der Waals surface area contributed by atoms with E-state index in [-0.39, 0.29) is 5.91 Å². The van der Waals surface area contributed by atoms with Crippen LogP contribution >= 0.6 is 0 Å². The van der Waals surface area contributed by atoms with E-state index < -0.39 is 0 Å². The predicted molar refractivity (Wildman–Crippen MR) is 82.8 cm³/mol. The monoisotopic (exact) mass is 269 g/mol. The molecule has 3 N–H and O–H groups in total. The summed E-state index contributed by atoms with van der Waals surface area (Å²) >= 11 is 0. The number of nitrogens with one attached hydrogen (secondary N) is 1. The molecule has 2 aromatic rings. The van der Waals surface area contributed by atoms with Gasteiger partial charge in [-0.1, -0.05) is 18.2 Å². The lowest BCUT2D eigenvalue weighted by Gasteiger charge is -2.23. The number of carbonyl (C=O) groups excluding carboxylic acids is 1. The minimum Gasteiger partial charge on any atom is -0.324 e. The van der Waals surface area contributed by atoms with E-state index in [1.54, 1.807) is 29.2 Å². The number of rotatable bonds is 4. The van der Waals surface area contributed by atoms with E-state index in [9.17, 15) is 4.79 Å². The topological polar surface area (TPSA) is 58.4 Å². The van der Waals surface area contributed by atoms with Gasteiger partial charge in [0.1, 0.15) is 0 Å². The fourth-order valence-corrected chi connectivity index (χ4v) is 2.15. The summed E-state index contributed by atoms with van der Waals surface area (Å²) in [7, 11) is 0. The number of nitrogens with two attached hydrogens (primary N) is 1. The van der Waals surface area contributed by atoms with E-state index >= 15 is 0 Å². The van der Waals surface area contributed by atoms with Crippen LogP contribution in [0.25, 0.3) is 0 Å². The van der Waals surface area contributed by atoms with Gasteiger partial charge in [0, 0.05) is 23.5 Å². The molecule has 2 aromatic carbocycles. The van der Waals surface area contributed by atoms with Gasteiger partial charge in [-0.3, -0.25) is 10.6 Å². The molecule has 20 heavy (non-hydrogen) atoms. The summed E-state index contributed by atoms with van der Waals surface area (Å²) in [5.74, 6) is 5.32. The first-order valence-corrected chi connectivity index (χ1v) is 6.61. The standard InChI is InChI=1S/C16H19N3O/c1-3-19(15-7-5-4-6-12(15)2)16(20)13-8-10-14(18-17)11-9-13/h4-11,18H,3,17H2,1-2H3. The van der Waals surface area contributed by atoms with Crippen molar-refractivity contribution < 1.29 is 4.79 Å². The molecule has 0 unspecified atom stereocenters. The summed E-state index contributed by atoms with van der Waals surface area (Å²) in [6.45, 7) is 4.60. The molecule has 0 saturated carbocycles. The molecular formula is C16H19N3O. The van der Waals surface area contributed by atoms with Crippen LogP contribution in [0.4, 0.5) is 11.4 Å². The number of benzene rings is 2. The molecule has 4 heteroatoms. The molecule has 0 aliphatic carbocycles. The van der Waals surface area contributed by atoms with Gasteiger partial charge in [0.05, 0.1) is 0 Å². The molecule has 0 saturated heterocycles.